The molecule has 1 aliphatic heterocycles. The van der Waals surface area contributed by atoms with Crippen LogP contribution < -0.4 is 10.7 Å². The van der Waals surface area contributed by atoms with Gasteiger partial charge in [0.1, 0.15) is 11.6 Å². The van der Waals surface area contributed by atoms with E-state index in [-0.39, 0.29) is 30.0 Å². The minimum atomic E-state index is -0.814. The molecule has 1 saturated heterocycles. The maximum absolute atomic E-state index is 13.4. The van der Waals surface area contributed by atoms with E-state index in [0.29, 0.717) is 37.6 Å². The SMILES string of the molecule is CC[C@H](C)[C@H](NC(=O)CC1(c2oc(C)cc(=O)c2O)CCOCC1)c1nc2ccccc2[nH]1. The van der Waals surface area contributed by atoms with E-state index >= 15 is 0 Å². The number of carbonyl (C=O) groups is 1. The molecule has 0 aliphatic carbocycles. The molecule has 8 heteroatoms. The number of carbonyl (C=O) groups excluding carboxylic acids is 1. The van der Waals surface area contributed by atoms with Crippen molar-refractivity contribution in [3.63, 3.8) is 0 Å². The Morgan fingerprint density at radius 1 is 1.30 bits per heavy atom. The van der Waals surface area contributed by atoms with E-state index in [9.17, 15) is 14.7 Å². The van der Waals surface area contributed by atoms with Gasteiger partial charge in [-0.15, -0.1) is 0 Å². The number of aromatic hydroxyl groups is 1. The zero-order valence-electron chi connectivity index (χ0n) is 19.3. The summed E-state index contributed by atoms with van der Waals surface area (Å²) in [5, 5.41) is 13.7. The Hall–Kier alpha value is -3.13. The van der Waals surface area contributed by atoms with Crippen molar-refractivity contribution >= 4 is 16.9 Å². The fraction of sp³-hybridized carbons (Fsp3) is 0.480. The first-order valence-electron chi connectivity index (χ1n) is 11.5. The third-order valence-corrected chi connectivity index (χ3v) is 6.71. The van der Waals surface area contributed by atoms with Gasteiger partial charge in [0.15, 0.2) is 5.76 Å². The molecule has 0 bridgehead atoms. The number of nitrogens with zero attached hydrogens (tertiary/aromatic N) is 1. The van der Waals surface area contributed by atoms with Crippen molar-refractivity contribution in [2.24, 2.45) is 5.92 Å². The fourth-order valence-corrected chi connectivity index (χ4v) is 4.58. The predicted octanol–water partition coefficient (Wildman–Crippen LogP) is 3.87. The van der Waals surface area contributed by atoms with Gasteiger partial charge in [0.2, 0.25) is 17.1 Å². The third-order valence-electron chi connectivity index (χ3n) is 6.71. The summed E-state index contributed by atoms with van der Waals surface area (Å²) in [6, 6.07) is 8.72. The summed E-state index contributed by atoms with van der Waals surface area (Å²) in [7, 11) is 0. The van der Waals surface area contributed by atoms with Crippen LogP contribution >= 0.6 is 0 Å². The number of imidazole rings is 1. The predicted molar refractivity (Wildman–Crippen MR) is 124 cm³/mol. The monoisotopic (exact) mass is 453 g/mol. The first kappa shape index (κ1) is 23.0. The average Bonchev–Trinajstić information content (AvgIpc) is 3.24. The van der Waals surface area contributed by atoms with Crippen LogP contribution in [0.3, 0.4) is 0 Å². The standard InChI is InChI=1S/C25H31N3O5/c1-4-15(2)21(24-26-17-7-5-6-8-18(17)27-24)28-20(30)14-25(9-11-32-12-10-25)23-22(31)19(29)13-16(3)33-23/h5-8,13,15,21,31H,4,9-12,14H2,1-3H3,(H,26,27)(H,28,30)/t15-,21-/m0/s1. The van der Waals surface area contributed by atoms with E-state index < -0.39 is 16.6 Å². The number of aromatic amines is 1. The van der Waals surface area contributed by atoms with Crippen LogP contribution in [0.5, 0.6) is 5.75 Å². The maximum atomic E-state index is 13.4. The molecule has 33 heavy (non-hydrogen) atoms. The summed E-state index contributed by atoms with van der Waals surface area (Å²) in [5.41, 5.74) is 0.454. The van der Waals surface area contributed by atoms with Crippen LogP contribution in [0.25, 0.3) is 11.0 Å². The van der Waals surface area contributed by atoms with Crippen LogP contribution in [-0.2, 0) is 14.9 Å². The summed E-state index contributed by atoms with van der Waals surface area (Å²) in [4.78, 5) is 33.7. The number of fused-ring (bicyclic) bond motifs is 1. The van der Waals surface area contributed by atoms with Gasteiger partial charge in [-0.2, -0.15) is 0 Å². The fourth-order valence-electron chi connectivity index (χ4n) is 4.58. The number of hydrogen-bond donors (Lipinski definition) is 3. The smallest absolute Gasteiger partial charge is 0.227 e. The highest BCUT2D eigenvalue weighted by Gasteiger charge is 2.42. The molecule has 0 spiro atoms. The van der Waals surface area contributed by atoms with Crippen LogP contribution in [0, 0.1) is 12.8 Å². The molecule has 3 aromatic rings. The van der Waals surface area contributed by atoms with E-state index in [1.54, 1.807) is 6.92 Å². The molecule has 1 amide bonds. The van der Waals surface area contributed by atoms with Gasteiger partial charge in [0, 0.05) is 31.1 Å². The van der Waals surface area contributed by atoms with Crippen molar-refractivity contribution in [2.45, 2.75) is 57.9 Å². The van der Waals surface area contributed by atoms with Crippen molar-refractivity contribution in [1.82, 2.24) is 15.3 Å². The molecule has 3 N–H and O–H groups in total. The van der Waals surface area contributed by atoms with Crippen LogP contribution in [0.15, 0.2) is 39.5 Å². The lowest BCUT2D eigenvalue weighted by Gasteiger charge is -2.36. The highest BCUT2D eigenvalue weighted by molar-refractivity contribution is 5.79. The van der Waals surface area contributed by atoms with Gasteiger partial charge in [0.05, 0.1) is 17.1 Å². The van der Waals surface area contributed by atoms with Crippen molar-refractivity contribution in [3.05, 3.63) is 57.9 Å². The Balaban J connectivity index is 1.64. The summed E-state index contributed by atoms with van der Waals surface area (Å²) in [5.74, 6) is 0.821. The van der Waals surface area contributed by atoms with Crippen molar-refractivity contribution in [1.29, 1.82) is 0 Å². The van der Waals surface area contributed by atoms with E-state index in [1.165, 1.54) is 6.07 Å². The number of nitrogens with one attached hydrogen (secondary N) is 2. The molecule has 8 nitrogen and oxygen atoms in total. The van der Waals surface area contributed by atoms with Crippen LogP contribution in [-0.4, -0.2) is 34.2 Å². The Kier molecular flexibility index (Phi) is 6.56. The Bertz CT molecular complexity index is 1160. The highest BCUT2D eigenvalue weighted by Crippen LogP contribution is 2.41. The molecule has 2 atom stereocenters. The Labute approximate surface area is 192 Å². The second-order valence-electron chi connectivity index (χ2n) is 9.04. The molecule has 0 saturated carbocycles. The van der Waals surface area contributed by atoms with Gasteiger partial charge in [-0.3, -0.25) is 9.59 Å². The lowest BCUT2D eigenvalue weighted by Crippen LogP contribution is -2.42. The number of benzene rings is 1. The molecule has 1 aromatic carbocycles. The van der Waals surface area contributed by atoms with Gasteiger partial charge in [-0.05, 0) is 37.8 Å². The normalized spacial score (nSPS) is 17.5. The molecule has 3 heterocycles. The minimum Gasteiger partial charge on any atom is -0.502 e. The molecule has 2 aromatic heterocycles. The number of aromatic nitrogens is 2. The summed E-state index contributed by atoms with van der Waals surface area (Å²) >= 11 is 0. The molecule has 4 rings (SSSR count). The zero-order chi connectivity index (χ0) is 23.6. The molecule has 0 radical (unpaired) electrons. The first-order chi connectivity index (χ1) is 15.8. The molecule has 1 fully saturated rings. The van der Waals surface area contributed by atoms with Gasteiger partial charge >= 0.3 is 0 Å². The van der Waals surface area contributed by atoms with E-state index in [4.69, 9.17) is 14.1 Å². The van der Waals surface area contributed by atoms with Gasteiger partial charge in [-0.25, -0.2) is 4.98 Å². The summed E-state index contributed by atoms with van der Waals surface area (Å²) < 4.78 is 11.3. The lowest BCUT2D eigenvalue weighted by molar-refractivity contribution is -0.124. The minimum absolute atomic E-state index is 0.0729. The summed E-state index contributed by atoms with van der Waals surface area (Å²) in [6.45, 7) is 6.66. The van der Waals surface area contributed by atoms with Gasteiger partial charge in [0.25, 0.3) is 0 Å². The number of ether oxygens (including phenoxy) is 1. The average molecular weight is 454 g/mol. The molecule has 176 valence electrons. The number of rotatable bonds is 7. The van der Waals surface area contributed by atoms with Crippen molar-refractivity contribution in [3.8, 4) is 5.75 Å². The van der Waals surface area contributed by atoms with E-state index in [1.807, 2.05) is 24.3 Å². The third kappa shape index (κ3) is 4.66. The largest absolute Gasteiger partial charge is 0.502 e. The van der Waals surface area contributed by atoms with Crippen LogP contribution in [0.2, 0.25) is 0 Å². The van der Waals surface area contributed by atoms with Gasteiger partial charge < -0.3 is 24.6 Å². The van der Waals surface area contributed by atoms with E-state index in [2.05, 4.69) is 24.1 Å². The summed E-state index contributed by atoms with van der Waals surface area (Å²) in [6.07, 6.45) is 1.87. The molecule has 1 aliphatic rings. The topological polar surface area (TPSA) is 117 Å². The molecule has 0 unspecified atom stereocenters. The quantitative estimate of drug-likeness (QED) is 0.500. The molecular formula is C25H31N3O5. The Morgan fingerprint density at radius 2 is 2.03 bits per heavy atom. The van der Waals surface area contributed by atoms with Gasteiger partial charge in [-0.1, -0.05) is 32.4 Å². The number of para-hydroxylation sites is 2. The zero-order valence-corrected chi connectivity index (χ0v) is 19.3. The number of aryl methyl sites for hydroxylation is 1. The maximum Gasteiger partial charge on any atom is 0.227 e. The van der Waals surface area contributed by atoms with Crippen LogP contribution in [0.1, 0.15) is 62.9 Å². The van der Waals surface area contributed by atoms with Crippen LogP contribution in [0.4, 0.5) is 0 Å². The second-order valence-corrected chi connectivity index (χ2v) is 9.04. The van der Waals surface area contributed by atoms with Crippen molar-refractivity contribution in [2.75, 3.05) is 13.2 Å². The number of H-pyrrole nitrogens is 1. The highest BCUT2D eigenvalue weighted by atomic mass is 16.5. The van der Waals surface area contributed by atoms with Crippen molar-refractivity contribution < 1.29 is 19.1 Å². The number of hydrogen-bond acceptors (Lipinski definition) is 6. The van der Waals surface area contributed by atoms with E-state index in [0.717, 1.165) is 17.5 Å². The first-order valence-corrected chi connectivity index (χ1v) is 11.5. The lowest BCUT2D eigenvalue weighted by atomic mass is 9.74. The molecular weight excluding hydrogens is 422 g/mol. The number of amides is 1. The Morgan fingerprint density at radius 3 is 2.73 bits per heavy atom. The second kappa shape index (κ2) is 9.39.